The van der Waals surface area contributed by atoms with Crippen molar-refractivity contribution in [3.05, 3.63) is 58.9 Å². The minimum absolute atomic E-state index is 0.0900. The summed E-state index contributed by atoms with van der Waals surface area (Å²) in [5.41, 5.74) is 2.47. The average Bonchev–Trinajstić information content (AvgIpc) is 2.77. The Hall–Kier alpha value is -2.19. The van der Waals surface area contributed by atoms with Crippen molar-refractivity contribution in [3.8, 4) is 0 Å². The second-order valence-corrected chi connectivity index (χ2v) is 9.25. The number of carbonyl (C=O) groups is 1. The second-order valence-electron chi connectivity index (χ2n) is 7.51. The lowest BCUT2D eigenvalue weighted by atomic mass is 10.2. The standard InChI is InChI=1S/C23H25ClN4O2S/c1-15-18(24)7-5-9-19(15)26-22(29)16(2)31-23-17-6-3-4-8-20(17)25-21(27-23)14-28-10-12-30-13-11-28/h3-9,16H,10-14H2,1-2H3,(H,26,29). The topological polar surface area (TPSA) is 67.4 Å². The molecule has 1 amide bonds. The fraction of sp³-hybridized carbons (Fsp3) is 0.348. The molecule has 0 spiro atoms. The maximum atomic E-state index is 12.9. The fourth-order valence-electron chi connectivity index (χ4n) is 3.41. The maximum Gasteiger partial charge on any atom is 0.237 e. The Kier molecular flexibility index (Phi) is 7.07. The molecule has 4 rings (SSSR count). The van der Waals surface area contributed by atoms with E-state index in [1.807, 2.05) is 56.3 Å². The quantitative estimate of drug-likeness (QED) is 0.433. The highest BCUT2D eigenvalue weighted by molar-refractivity contribution is 8.00. The second kappa shape index (κ2) is 9.96. The average molecular weight is 457 g/mol. The number of para-hydroxylation sites is 1. The van der Waals surface area contributed by atoms with Crippen molar-refractivity contribution in [3.63, 3.8) is 0 Å². The van der Waals surface area contributed by atoms with Crippen LogP contribution in [0.2, 0.25) is 5.02 Å². The molecule has 162 valence electrons. The lowest BCUT2D eigenvalue weighted by Gasteiger charge is -2.26. The first-order valence-corrected chi connectivity index (χ1v) is 11.6. The van der Waals surface area contributed by atoms with Crippen LogP contribution in [0.1, 0.15) is 18.3 Å². The van der Waals surface area contributed by atoms with Crippen LogP contribution in [0.4, 0.5) is 5.69 Å². The zero-order chi connectivity index (χ0) is 21.8. The van der Waals surface area contributed by atoms with Gasteiger partial charge in [0.05, 0.1) is 30.5 Å². The van der Waals surface area contributed by atoms with Crippen molar-refractivity contribution in [1.82, 2.24) is 14.9 Å². The van der Waals surface area contributed by atoms with Crippen molar-refractivity contribution >= 4 is 45.9 Å². The Balaban J connectivity index is 1.54. The van der Waals surface area contributed by atoms with E-state index in [-0.39, 0.29) is 11.2 Å². The molecule has 0 bridgehead atoms. The Labute approximate surface area is 191 Å². The van der Waals surface area contributed by atoms with Crippen molar-refractivity contribution in [2.75, 3.05) is 31.6 Å². The zero-order valence-electron chi connectivity index (χ0n) is 17.6. The first-order valence-electron chi connectivity index (χ1n) is 10.3. The van der Waals surface area contributed by atoms with E-state index in [9.17, 15) is 4.79 Å². The molecule has 6 nitrogen and oxygen atoms in total. The van der Waals surface area contributed by atoms with Crippen LogP contribution in [0, 0.1) is 6.92 Å². The third-order valence-corrected chi connectivity index (χ3v) is 6.78. The number of halogens is 1. The molecule has 2 aromatic carbocycles. The van der Waals surface area contributed by atoms with Crippen molar-refractivity contribution in [2.45, 2.75) is 30.7 Å². The summed E-state index contributed by atoms with van der Waals surface area (Å²) in [6, 6.07) is 13.4. The molecule has 3 aromatic rings. The number of fused-ring (bicyclic) bond motifs is 1. The molecular weight excluding hydrogens is 432 g/mol. The van der Waals surface area contributed by atoms with Crippen LogP contribution < -0.4 is 5.32 Å². The molecule has 1 saturated heterocycles. The van der Waals surface area contributed by atoms with E-state index in [0.717, 1.165) is 59.3 Å². The molecule has 2 heterocycles. The number of amides is 1. The zero-order valence-corrected chi connectivity index (χ0v) is 19.2. The Morgan fingerprint density at radius 3 is 2.77 bits per heavy atom. The monoisotopic (exact) mass is 456 g/mol. The molecule has 1 atom stereocenters. The van der Waals surface area contributed by atoms with E-state index in [1.165, 1.54) is 11.8 Å². The van der Waals surface area contributed by atoms with Crippen LogP contribution in [0.5, 0.6) is 0 Å². The molecule has 0 aliphatic carbocycles. The Bertz CT molecular complexity index is 1090. The molecule has 1 fully saturated rings. The lowest BCUT2D eigenvalue weighted by molar-refractivity contribution is -0.115. The molecule has 1 aliphatic heterocycles. The minimum Gasteiger partial charge on any atom is -0.379 e. The van der Waals surface area contributed by atoms with Gasteiger partial charge in [0.15, 0.2) is 0 Å². The number of morpholine rings is 1. The van der Waals surface area contributed by atoms with Gasteiger partial charge in [-0.2, -0.15) is 0 Å². The first-order chi connectivity index (χ1) is 15.0. The molecule has 0 saturated carbocycles. The number of anilines is 1. The van der Waals surface area contributed by atoms with Crippen molar-refractivity contribution < 1.29 is 9.53 Å². The smallest absolute Gasteiger partial charge is 0.237 e. The van der Waals surface area contributed by atoms with Crippen LogP contribution in [-0.2, 0) is 16.1 Å². The van der Waals surface area contributed by atoms with Crippen LogP contribution >= 0.6 is 23.4 Å². The Morgan fingerprint density at radius 2 is 1.97 bits per heavy atom. The van der Waals surface area contributed by atoms with Gasteiger partial charge in [-0.25, -0.2) is 9.97 Å². The van der Waals surface area contributed by atoms with E-state index >= 15 is 0 Å². The van der Waals surface area contributed by atoms with E-state index in [2.05, 4.69) is 10.2 Å². The fourth-order valence-corrected chi connectivity index (χ4v) is 4.54. The van der Waals surface area contributed by atoms with E-state index < -0.39 is 0 Å². The number of hydrogen-bond acceptors (Lipinski definition) is 6. The van der Waals surface area contributed by atoms with Crippen LogP contribution in [0.15, 0.2) is 47.5 Å². The number of aromatic nitrogens is 2. The molecule has 1 unspecified atom stereocenters. The van der Waals surface area contributed by atoms with Crippen molar-refractivity contribution in [1.29, 1.82) is 0 Å². The Morgan fingerprint density at radius 1 is 1.19 bits per heavy atom. The summed E-state index contributed by atoms with van der Waals surface area (Å²) < 4.78 is 5.44. The summed E-state index contributed by atoms with van der Waals surface area (Å²) in [6.07, 6.45) is 0. The highest BCUT2D eigenvalue weighted by atomic mass is 35.5. The predicted molar refractivity (Wildman–Crippen MR) is 126 cm³/mol. The number of hydrogen-bond donors (Lipinski definition) is 1. The number of nitrogens with zero attached hydrogens (tertiary/aromatic N) is 3. The van der Waals surface area contributed by atoms with Gasteiger partial charge in [-0.1, -0.05) is 47.6 Å². The van der Waals surface area contributed by atoms with Gasteiger partial charge in [-0.15, -0.1) is 0 Å². The summed E-state index contributed by atoms with van der Waals surface area (Å²) >= 11 is 7.63. The summed E-state index contributed by atoms with van der Waals surface area (Å²) in [6.45, 7) is 7.66. The number of benzene rings is 2. The van der Waals surface area contributed by atoms with E-state index in [1.54, 1.807) is 0 Å². The van der Waals surface area contributed by atoms with Crippen LogP contribution in [0.25, 0.3) is 10.9 Å². The molecule has 31 heavy (non-hydrogen) atoms. The molecule has 8 heteroatoms. The van der Waals surface area contributed by atoms with Gasteiger partial charge in [0.2, 0.25) is 5.91 Å². The van der Waals surface area contributed by atoms with Crippen LogP contribution in [-0.4, -0.2) is 52.3 Å². The normalized spacial score (nSPS) is 15.7. The molecule has 1 aromatic heterocycles. The SMILES string of the molecule is Cc1c(Cl)cccc1NC(=O)C(C)Sc1nc(CN2CCOCC2)nc2ccccc12. The van der Waals surface area contributed by atoms with E-state index in [0.29, 0.717) is 11.6 Å². The highest BCUT2D eigenvalue weighted by Crippen LogP contribution is 2.30. The number of rotatable bonds is 6. The summed E-state index contributed by atoms with van der Waals surface area (Å²) in [5.74, 6) is 0.675. The van der Waals surface area contributed by atoms with Crippen molar-refractivity contribution in [2.24, 2.45) is 0 Å². The predicted octanol–water partition coefficient (Wildman–Crippen LogP) is 4.54. The highest BCUT2D eigenvalue weighted by Gasteiger charge is 2.20. The van der Waals surface area contributed by atoms with Gasteiger partial charge in [-0.3, -0.25) is 9.69 Å². The van der Waals surface area contributed by atoms with Crippen LogP contribution in [0.3, 0.4) is 0 Å². The van der Waals surface area contributed by atoms with Gasteiger partial charge in [0.25, 0.3) is 0 Å². The molecule has 1 aliphatic rings. The van der Waals surface area contributed by atoms with Gasteiger partial charge in [0.1, 0.15) is 10.9 Å². The number of thioether (sulfide) groups is 1. The van der Waals surface area contributed by atoms with Gasteiger partial charge < -0.3 is 10.1 Å². The number of nitrogens with one attached hydrogen (secondary N) is 1. The summed E-state index contributed by atoms with van der Waals surface area (Å²) in [5, 5.41) is 5.06. The number of carbonyl (C=O) groups excluding carboxylic acids is 1. The molecular formula is C23H25ClN4O2S. The van der Waals surface area contributed by atoms with Gasteiger partial charge >= 0.3 is 0 Å². The number of ether oxygens (including phenoxy) is 1. The summed E-state index contributed by atoms with van der Waals surface area (Å²) in [7, 11) is 0. The third kappa shape index (κ3) is 5.36. The van der Waals surface area contributed by atoms with Gasteiger partial charge in [-0.05, 0) is 37.6 Å². The molecule has 1 N–H and O–H groups in total. The molecule has 0 radical (unpaired) electrons. The van der Waals surface area contributed by atoms with Gasteiger partial charge in [0, 0.05) is 29.2 Å². The minimum atomic E-state index is -0.340. The lowest BCUT2D eigenvalue weighted by Crippen LogP contribution is -2.36. The first kappa shape index (κ1) is 22.0. The third-order valence-electron chi connectivity index (χ3n) is 5.27. The maximum absolute atomic E-state index is 12.9. The van der Waals surface area contributed by atoms with E-state index in [4.69, 9.17) is 26.3 Å². The summed E-state index contributed by atoms with van der Waals surface area (Å²) in [4.78, 5) is 24.7. The largest absolute Gasteiger partial charge is 0.379 e.